The van der Waals surface area contributed by atoms with Crippen LogP contribution in [0.15, 0.2) is 18.5 Å². The lowest BCUT2D eigenvalue weighted by molar-refractivity contribution is -0.492. The molecular formula is C16H21NO4. The summed E-state index contributed by atoms with van der Waals surface area (Å²) < 4.78 is 23.8. The zero-order valence-corrected chi connectivity index (χ0v) is 12.3. The minimum atomic E-state index is -0.757. The molecule has 1 aromatic rings. The molecule has 0 spiro atoms. The second-order valence-corrected chi connectivity index (χ2v) is 6.53. The van der Waals surface area contributed by atoms with Crippen molar-refractivity contribution in [3.05, 3.63) is 24.0 Å². The van der Waals surface area contributed by atoms with Gasteiger partial charge in [0.05, 0.1) is 25.2 Å². The standard InChI is InChI=1S/C16H21NO4/c1-12-7-17-6-5-14(12)18-8-15-9-19-16(20-10-15,21-11-15)13-3-2-4-13/h5-7,13H,2-4,8-11H2,1H3. The van der Waals surface area contributed by atoms with Crippen molar-refractivity contribution in [1.82, 2.24) is 4.98 Å². The summed E-state index contributed by atoms with van der Waals surface area (Å²) in [5.74, 6) is 0.506. The summed E-state index contributed by atoms with van der Waals surface area (Å²) in [7, 11) is 0. The summed E-state index contributed by atoms with van der Waals surface area (Å²) in [5, 5.41) is 0. The number of pyridine rings is 1. The molecule has 21 heavy (non-hydrogen) atoms. The van der Waals surface area contributed by atoms with Crippen molar-refractivity contribution in [3.63, 3.8) is 0 Å². The molecule has 3 saturated heterocycles. The first-order valence-corrected chi connectivity index (χ1v) is 7.67. The van der Waals surface area contributed by atoms with Gasteiger partial charge in [-0.15, -0.1) is 0 Å². The summed E-state index contributed by atoms with van der Waals surface area (Å²) in [4.78, 5) is 4.08. The maximum absolute atomic E-state index is 5.95. The van der Waals surface area contributed by atoms with Crippen LogP contribution < -0.4 is 4.74 Å². The van der Waals surface area contributed by atoms with Gasteiger partial charge in [0.15, 0.2) is 0 Å². The topological polar surface area (TPSA) is 49.8 Å². The number of hydrogen-bond acceptors (Lipinski definition) is 5. The lowest BCUT2D eigenvalue weighted by atomic mass is 9.80. The molecule has 0 amide bonds. The van der Waals surface area contributed by atoms with Crippen molar-refractivity contribution < 1.29 is 18.9 Å². The maximum Gasteiger partial charge on any atom is 0.285 e. The van der Waals surface area contributed by atoms with Crippen LogP contribution in [0.5, 0.6) is 5.75 Å². The summed E-state index contributed by atoms with van der Waals surface area (Å²) in [5.41, 5.74) is 0.841. The number of fused-ring (bicyclic) bond motifs is 3. The van der Waals surface area contributed by atoms with Crippen LogP contribution in [0.25, 0.3) is 0 Å². The Hall–Kier alpha value is -1.17. The van der Waals surface area contributed by atoms with Gasteiger partial charge in [-0.25, -0.2) is 0 Å². The van der Waals surface area contributed by atoms with Crippen molar-refractivity contribution in [2.24, 2.45) is 11.3 Å². The number of ether oxygens (including phenoxy) is 4. The molecule has 1 aromatic heterocycles. The molecule has 114 valence electrons. The van der Waals surface area contributed by atoms with Crippen LogP contribution in [0.4, 0.5) is 0 Å². The van der Waals surface area contributed by atoms with E-state index in [9.17, 15) is 0 Å². The highest BCUT2D eigenvalue weighted by atomic mass is 16.9. The van der Waals surface area contributed by atoms with Gasteiger partial charge in [-0.3, -0.25) is 4.98 Å². The molecule has 0 N–H and O–H groups in total. The van der Waals surface area contributed by atoms with E-state index in [1.807, 2.05) is 13.0 Å². The van der Waals surface area contributed by atoms with E-state index in [1.165, 1.54) is 6.42 Å². The van der Waals surface area contributed by atoms with Gasteiger partial charge in [0.25, 0.3) is 5.97 Å². The smallest absolute Gasteiger partial charge is 0.285 e. The minimum absolute atomic E-state index is 0.193. The van der Waals surface area contributed by atoms with Crippen molar-refractivity contribution in [3.8, 4) is 5.75 Å². The predicted molar refractivity (Wildman–Crippen MR) is 74.8 cm³/mol. The van der Waals surface area contributed by atoms with Gasteiger partial charge in [-0.05, 0) is 25.8 Å². The van der Waals surface area contributed by atoms with E-state index in [0.717, 1.165) is 24.2 Å². The molecule has 1 saturated carbocycles. The van der Waals surface area contributed by atoms with E-state index in [4.69, 9.17) is 18.9 Å². The normalized spacial score (nSPS) is 35.5. The fourth-order valence-corrected chi connectivity index (χ4v) is 3.10. The van der Waals surface area contributed by atoms with E-state index in [2.05, 4.69) is 4.98 Å². The van der Waals surface area contributed by atoms with Crippen LogP contribution in [0.3, 0.4) is 0 Å². The lowest BCUT2D eigenvalue weighted by Crippen LogP contribution is -2.65. The second kappa shape index (κ2) is 4.93. The van der Waals surface area contributed by atoms with E-state index in [1.54, 1.807) is 12.4 Å². The van der Waals surface area contributed by atoms with Gasteiger partial charge < -0.3 is 18.9 Å². The lowest BCUT2D eigenvalue weighted by Gasteiger charge is -2.55. The zero-order chi connectivity index (χ0) is 14.3. The minimum Gasteiger partial charge on any atom is -0.492 e. The average Bonchev–Trinajstić information content (AvgIpc) is 2.47. The Balaban J connectivity index is 1.40. The van der Waals surface area contributed by atoms with Gasteiger partial charge in [0.1, 0.15) is 12.4 Å². The number of aryl methyl sites for hydroxylation is 1. The quantitative estimate of drug-likeness (QED) is 0.852. The Bertz CT molecular complexity index is 504. The van der Waals surface area contributed by atoms with Gasteiger partial charge in [0, 0.05) is 23.9 Å². The first-order chi connectivity index (χ1) is 10.2. The van der Waals surface area contributed by atoms with E-state index < -0.39 is 5.97 Å². The number of hydrogen-bond donors (Lipinski definition) is 0. The van der Waals surface area contributed by atoms with Gasteiger partial charge in [-0.2, -0.15) is 0 Å². The van der Waals surface area contributed by atoms with Crippen molar-refractivity contribution in [1.29, 1.82) is 0 Å². The molecule has 2 bridgehead atoms. The molecule has 1 aliphatic carbocycles. The van der Waals surface area contributed by atoms with Crippen LogP contribution in [-0.4, -0.2) is 37.4 Å². The molecule has 0 aromatic carbocycles. The Morgan fingerprint density at radius 2 is 1.95 bits per heavy atom. The first kappa shape index (κ1) is 13.5. The summed E-state index contributed by atoms with van der Waals surface area (Å²) in [6, 6.07) is 1.89. The van der Waals surface area contributed by atoms with Gasteiger partial charge in [-0.1, -0.05) is 6.42 Å². The Labute approximate surface area is 124 Å². The first-order valence-electron chi connectivity index (χ1n) is 7.67. The molecule has 5 heteroatoms. The summed E-state index contributed by atoms with van der Waals surface area (Å²) in [6.45, 7) is 4.47. The zero-order valence-electron chi connectivity index (χ0n) is 12.3. The molecule has 4 heterocycles. The maximum atomic E-state index is 5.95. The predicted octanol–water partition coefficient (Wildman–Crippen LogP) is 2.29. The molecule has 3 aliphatic heterocycles. The third-order valence-corrected chi connectivity index (χ3v) is 4.85. The highest BCUT2D eigenvalue weighted by Crippen LogP contribution is 2.48. The second-order valence-electron chi connectivity index (χ2n) is 6.53. The highest BCUT2D eigenvalue weighted by Gasteiger charge is 2.57. The number of aromatic nitrogens is 1. The molecular weight excluding hydrogens is 270 g/mol. The van der Waals surface area contributed by atoms with Crippen LogP contribution in [0.1, 0.15) is 24.8 Å². The van der Waals surface area contributed by atoms with Crippen LogP contribution in [0, 0.1) is 18.3 Å². The summed E-state index contributed by atoms with van der Waals surface area (Å²) >= 11 is 0. The third kappa shape index (κ3) is 2.24. The van der Waals surface area contributed by atoms with E-state index >= 15 is 0 Å². The largest absolute Gasteiger partial charge is 0.492 e. The van der Waals surface area contributed by atoms with Gasteiger partial charge >= 0.3 is 0 Å². The SMILES string of the molecule is Cc1cnccc1OCC12COC(C3CCC3)(OC1)OC2. The fourth-order valence-electron chi connectivity index (χ4n) is 3.10. The average molecular weight is 291 g/mol. The summed E-state index contributed by atoms with van der Waals surface area (Å²) in [6.07, 6.45) is 7.07. The Morgan fingerprint density at radius 1 is 1.24 bits per heavy atom. The van der Waals surface area contributed by atoms with Crippen molar-refractivity contribution in [2.45, 2.75) is 32.2 Å². The van der Waals surface area contributed by atoms with Crippen LogP contribution in [-0.2, 0) is 14.2 Å². The number of nitrogens with zero attached hydrogens (tertiary/aromatic N) is 1. The highest BCUT2D eigenvalue weighted by molar-refractivity contribution is 5.28. The molecule has 5 nitrogen and oxygen atoms in total. The third-order valence-electron chi connectivity index (χ3n) is 4.85. The Kier molecular flexibility index (Phi) is 3.17. The van der Waals surface area contributed by atoms with E-state index in [0.29, 0.717) is 32.3 Å². The molecule has 0 unspecified atom stereocenters. The molecule has 0 atom stereocenters. The Morgan fingerprint density at radius 3 is 2.52 bits per heavy atom. The fraction of sp³-hybridized carbons (Fsp3) is 0.688. The molecule has 0 radical (unpaired) electrons. The molecule has 5 rings (SSSR count). The van der Waals surface area contributed by atoms with Crippen LogP contribution in [0.2, 0.25) is 0 Å². The van der Waals surface area contributed by atoms with Crippen molar-refractivity contribution in [2.75, 3.05) is 26.4 Å². The molecule has 4 fully saturated rings. The van der Waals surface area contributed by atoms with Crippen LogP contribution >= 0.6 is 0 Å². The van der Waals surface area contributed by atoms with E-state index in [-0.39, 0.29) is 5.41 Å². The molecule has 4 aliphatic rings. The van der Waals surface area contributed by atoms with Gasteiger partial charge in [0.2, 0.25) is 0 Å². The monoisotopic (exact) mass is 291 g/mol. The number of rotatable bonds is 4. The van der Waals surface area contributed by atoms with Crippen molar-refractivity contribution >= 4 is 0 Å².